The van der Waals surface area contributed by atoms with Crippen molar-refractivity contribution < 1.29 is 4.79 Å². The van der Waals surface area contributed by atoms with Crippen molar-refractivity contribution in [1.29, 1.82) is 0 Å². The van der Waals surface area contributed by atoms with E-state index in [0.29, 0.717) is 6.04 Å². The van der Waals surface area contributed by atoms with E-state index in [9.17, 15) is 4.79 Å². The molecule has 0 spiro atoms. The predicted molar refractivity (Wildman–Crippen MR) is 65.1 cm³/mol. The van der Waals surface area contributed by atoms with Crippen LogP contribution in [-0.4, -0.2) is 25.0 Å². The Morgan fingerprint density at radius 1 is 1.38 bits per heavy atom. The van der Waals surface area contributed by atoms with E-state index in [-0.39, 0.29) is 11.8 Å². The molecule has 2 aliphatic carbocycles. The Balaban J connectivity index is 1.74. The molecule has 0 aliphatic heterocycles. The minimum absolute atomic E-state index is 0.0964. The molecule has 2 saturated carbocycles. The van der Waals surface area contributed by atoms with E-state index in [4.69, 9.17) is 0 Å². The molecule has 0 heterocycles. The Labute approximate surface area is 98.4 Å². The number of rotatable bonds is 5. The van der Waals surface area contributed by atoms with Gasteiger partial charge in [0, 0.05) is 18.5 Å². The summed E-state index contributed by atoms with van der Waals surface area (Å²) in [5.74, 6) is 2.01. The lowest BCUT2D eigenvalue weighted by Gasteiger charge is -2.24. The number of nitrogens with one attached hydrogen (secondary N) is 2. The van der Waals surface area contributed by atoms with E-state index in [2.05, 4.69) is 17.6 Å². The molecule has 0 saturated heterocycles. The van der Waals surface area contributed by atoms with Gasteiger partial charge in [0.15, 0.2) is 0 Å². The van der Waals surface area contributed by atoms with Crippen molar-refractivity contribution in [2.75, 3.05) is 13.1 Å². The lowest BCUT2D eigenvalue weighted by atomic mass is 9.95. The molecule has 3 nitrogen and oxygen atoms in total. The molecule has 0 aromatic carbocycles. The van der Waals surface area contributed by atoms with E-state index >= 15 is 0 Å². The maximum atomic E-state index is 11.9. The van der Waals surface area contributed by atoms with E-state index < -0.39 is 0 Å². The standard InChI is InChI=1S/C13H24N2O/c1-3-14-8-9(2)13(16)15-12-7-10-4-5-11(12)6-10/h9-12,14H,3-8H2,1-2H3,(H,15,16). The van der Waals surface area contributed by atoms with Crippen LogP contribution in [-0.2, 0) is 4.79 Å². The molecule has 2 N–H and O–H groups in total. The molecule has 4 atom stereocenters. The van der Waals surface area contributed by atoms with Crippen LogP contribution in [0.3, 0.4) is 0 Å². The van der Waals surface area contributed by atoms with Crippen molar-refractivity contribution in [1.82, 2.24) is 10.6 Å². The van der Waals surface area contributed by atoms with Gasteiger partial charge in [0.1, 0.15) is 0 Å². The zero-order valence-electron chi connectivity index (χ0n) is 10.5. The number of hydrogen-bond acceptors (Lipinski definition) is 2. The summed E-state index contributed by atoms with van der Waals surface area (Å²) in [6.45, 7) is 5.81. The van der Waals surface area contributed by atoms with Crippen LogP contribution in [0.2, 0.25) is 0 Å². The molecule has 2 bridgehead atoms. The summed E-state index contributed by atoms with van der Waals surface area (Å²) in [6, 6.07) is 0.482. The van der Waals surface area contributed by atoms with Crippen LogP contribution >= 0.6 is 0 Å². The zero-order valence-corrected chi connectivity index (χ0v) is 10.5. The molecule has 2 fully saturated rings. The Morgan fingerprint density at radius 3 is 2.75 bits per heavy atom. The van der Waals surface area contributed by atoms with Gasteiger partial charge in [-0.25, -0.2) is 0 Å². The minimum atomic E-state index is 0.0964. The third kappa shape index (κ3) is 2.57. The lowest BCUT2D eigenvalue weighted by molar-refractivity contribution is -0.125. The Hall–Kier alpha value is -0.570. The van der Waals surface area contributed by atoms with Crippen LogP contribution in [0.15, 0.2) is 0 Å². The molecule has 0 aromatic heterocycles. The molecule has 2 aliphatic rings. The fraction of sp³-hybridized carbons (Fsp3) is 0.923. The first kappa shape index (κ1) is 11.9. The summed E-state index contributed by atoms with van der Waals surface area (Å²) in [5, 5.41) is 6.47. The van der Waals surface area contributed by atoms with E-state index in [0.717, 1.165) is 24.9 Å². The molecule has 3 heteroatoms. The molecule has 4 unspecified atom stereocenters. The van der Waals surface area contributed by atoms with Gasteiger partial charge in [0.25, 0.3) is 0 Å². The van der Waals surface area contributed by atoms with Crippen LogP contribution in [0.25, 0.3) is 0 Å². The maximum Gasteiger partial charge on any atom is 0.224 e. The quantitative estimate of drug-likeness (QED) is 0.743. The van der Waals surface area contributed by atoms with Gasteiger partial charge in [-0.1, -0.05) is 20.3 Å². The monoisotopic (exact) mass is 224 g/mol. The summed E-state index contributed by atoms with van der Waals surface area (Å²) >= 11 is 0. The van der Waals surface area contributed by atoms with Gasteiger partial charge in [0.2, 0.25) is 5.91 Å². The van der Waals surface area contributed by atoms with Crippen molar-refractivity contribution >= 4 is 5.91 Å². The van der Waals surface area contributed by atoms with Crippen molar-refractivity contribution in [3.63, 3.8) is 0 Å². The lowest BCUT2D eigenvalue weighted by Crippen LogP contribution is -2.43. The molecule has 16 heavy (non-hydrogen) atoms. The number of carbonyl (C=O) groups is 1. The molecule has 1 amide bonds. The summed E-state index contributed by atoms with van der Waals surface area (Å²) < 4.78 is 0. The average molecular weight is 224 g/mol. The van der Waals surface area contributed by atoms with E-state index in [1.54, 1.807) is 0 Å². The summed E-state index contributed by atoms with van der Waals surface area (Å²) in [7, 11) is 0. The van der Waals surface area contributed by atoms with Gasteiger partial charge in [-0.05, 0) is 37.6 Å². The first-order valence-corrected chi connectivity index (χ1v) is 6.71. The van der Waals surface area contributed by atoms with Crippen molar-refractivity contribution in [3.05, 3.63) is 0 Å². The molecule has 0 aromatic rings. The van der Waals surface area contributed by atoms with Crippen LogP contribution in [0.1, 0.15) is 39.5 Å². The second-order valence-corrected chi connectivity index (χ2v) is 5.50. The van der Waals surface area contributed by atoms with Gasteiger partial charge in [-0.2, -0.15) is 0 Å². The third-order valence-electron chi connectivity index (χ3n) is 4.21. The number of carbonyl (C=O) groups excluding carboxylic acids is 1. The second kappa shape index (κ2) is 5.17. The van der Waals surface area contributed by atoms with Gasteiger partial charge >= 0.3 is 0 Å². The predicted octanol–water partition coefficient (Wildman–Crippen LogP) is 1.54. The molecule has 2 rings (SSSR count). The van der Waals surface area contributed by atoms with E-state index in [1.165, 1.54) is 25.7 Å². The van der Waals surface area contributed by atoms with Crippen LogP contribution in [0, 0.1) is 17.8 Å². The SMILES string of the molecule is CCNCC(C)C(=O)NC1CC2CCC1C2. The maximum absolute atomic E-state index is 11.9. The van der Waals surface area contributed by atoms with Crippen LogP contribution in [0.5, 0.6) is 0 Å². The van der Waals surface area contributed by atoms with E-state index in [1.807, 2.05) is 6.92 Å². The number of amides is 1. The van der Waals surface area contributed by atoms with Gasteiger partial charge in [0.05, 0.1) is 0 Å². The van der Waals surface area contributed by atoms with Gasteiger partial charge in [-0.15, -0.1) is 0 Å². The highest BCUT2D eigenvalue weighted by Crippen LogP contribution is 2.44. The minimum Gasteiger partial charge on any atom is -0.353 e. The van der Waals surface area contributed by atoms with Crippen LogP contribution in [0.4, 0.5) is 0 Å². The second-order valence-electron chi connectivity index (χ2n) is 5.50. The third-order valence-corrected chi connectivity index (χ3v) is 4.21. The highest BCUT2D eigenvalue weighted by molar-refractivity contribution is 5.78. The fourth-order valence-corrected chi connectivity index (χ4v) is 3.20. The molecular weight excluding hydrogens is 200 g/mol. The molecular formula is C13H24N2O. The molecule has 92 valence electrons. The number of fused-ring (bicyclic) bond motifs is 2. The first-order chi connectivity index (χ1) is 7.70. The number of hydrogen-bond donors (Lipinski definition) is 2. The van der Waals surface area contributed by atoms with Crippen molar-refractivity contribution in [3.8, 4) is 0 Å². The highest BCUT2D eigenvalue weighted by Gasteiger charge is 2.40. The van der Waals surface area contributed by atoms with Crippen molar-refractivity contribution in [2.45, 2.75) is 45.6 Å². The van der Waals surface area contributed by atoms with Gasteiger partial charge < -0.3 is 10.6 Å². The summed E-state index contributed by atoms with van der Waals surface area (Å²) in [4.78, 5) is 11.9. The Kier molecular flexibility index (Phi) is 3.85. The Morgan fingerprint density at radius 2 is 2.19 bits per heavy atom. The topological polar surface area (TPSA) is 41.1 Å². The van der Waals surface area contributed by atoms with Crippen LogP contribution < -0.4 is 10.6 Å². The highest BCUT2D eigenvalue weighted by atomic mass is 16.1. The normalized spacial score (nSPS) is 34.0. The average Bonchev–Trinajstić information content (AvgIpc) is 2.87. The fourth-order valence-electron chi connectivity index (χ4n) is 3.20. The first-order valence-electron chi connectivity index (χ1n) is 6.71. The van der Waals surface area contributed by atoms with Crippen molar-refractivity contribution in [2.24, 2.45) is 17.8 Å². The smallest absolute Gasteiger partial charge is 0.224 e. The zero-order chi connectivity index (χ0) is 11.5. The molecule has 0 radical (unpaired) electrons. The Bertz CT molecular complexity index is 254. The van der Waals surface area contributed by atoms with Gasteiger partial charge in [-0.3, -0.25) is 4.79 Å². The summed E-state index contributed by atoms with van der Waals surface area (Å²) in [5.41, 5.74) is 0. The summed E-state index contributed by atoms with van der Waals surface area (Å²) in [6.07, 6.45) is 5.30. The largest absolute Gasteiger partial charge is 0.353 e.